The number of aryl methyl sites for hydroxylation is 1. The molecule has 1 heterocycles. The lowest BCUT2D eigenvalue weighted by atomic mass is 10.3. The number of hydrogen-bond acceptors (Lipinski definition) is 3. The summed E-state index contributed by atoms with van der Waals surface area (Å²) >= 11 is 0. The number of anilines is 1. The van der Waals surface area contributed by atoms with E-state index in [1.807, 2.05) is 25.3 Å². The summed E-state index contributed by atoms with van der Waals surface area (Å²) in [4.78, 5) is 27.7. The summed E-state index contributed by atoms with van der Waals surface area (Å²) in [7, 11) is 1.64. The number of nitrogen functional groups attached to an aromatic ring is 1. The SMILES string of the molecule is CCCn1cc(N)cc1C(=O)N(C)CC(=O)N(CC)CC. The van der Waals surface area contributed by atoms with Gasteiger partial charge in [0.25, 0.3) is 5.91 Å². The van der Waals surface area contributed by atoms with Crippen LogP contribution in [-0.2, 0) is 11.3 Å². The molecule has 1 aromatic rings. The molecule has 118 valence electrons. The van der Waals surface area contributed by atoms with Gasteiger partial charge in [-0.2, -0.15) is 0 Å². The largest absolute Gasteiger partial charge is 0.397 e. The van der Waals surface area contributed by atoms with Crippen molar-refractivity contribution in [1.82, 2.24) is 14.4 Å². The van der Waals surface area contributed by atoms with Gasteiger partial charge in [-0.05, 0) is 26.3 Å². The predicted molar refractivity (Wildman–Crippen MR) is 84.0 cm³/mol. The fraction of sp³-hybridized carbons (Fsp3) is 0.600. The summed E-state index contributed by atoms with van der Waals surface area (Å²) in [6.45, 7) is 8.01. The Kier molecular flexibility index (Phi) is 6.27. The van der Waals surface area contributed by atoms with Gasteiger partial charge >= 0.3 is 0 Å². The summed E-state index contributed by atoms with van der Waals surface area (Å²) in [6.07, 6.45) is 2.67. The third kappa shape index (κ3) is 4.24. The molecule has 6 nitrogen and oxygen atoms in total. The number of amides is 2. The average Bonchev–Trinajstić information content (AvgIpc) is 2.80. The van der Waals surface area contributed by atoms with E-state index in [0.29, 0.717) is 24.5 Å². The zero-order chi connectivity index (χ0) is 16.0. The molecule has 0 aliphatic rings. The van der Waals surface area contributed by atoms with E-state index in [4.69, 9.17) is 5.73 Å². The first-order valence-electron chi connectivity index (χ1n) is 7.43. The van der Waals surface area contributed by atoms with Gasteiger partial charge in [0.2, 0.25) is 5.91 Å². The Morgan fingerprint density at radius 1 is 1.24 bits per heavy atom. The van der Waals surface area contributed by atoms with Gasteiger partial charge in [0.15, 0.2) is 0 Å². The molecule has 0 atom stereocenters. The maximum absolute atomic E-state index is 12.5. The van der Waals surface area contributed by atoms with E-state index < -0.39 is 0 Å². The molecular formula is C15H26N4O2. The standard InChI is InChI=1S/C15H26N4O2/c1-5-8-19-10-12(16)9-13(19)15(21)17(4)11-14(20)18(6-2)7-3/h9-10H,5-8,11,16H2,1-4H3. The van der Waals surface area contributed by atoms with Crippen LogP contribution in [0.3, 0.4) is 0 Å². The Morgan fingerprint density at radius 2 is 1.86 bits per heavy atom. The summed E-state index contributed by atoms with van der Waals surface area (Å²) in [5, 5.41) is 0. The molecule has 21 heavy (non-hydrogen) atoms. The highest BCUT2D eigenvalue weighted by molar-refractivity contribution is 5.96. The molecular weight excluding hydrogens is 268 g/mol. The zero-order valence-electron chi connectivity index (χ0n) is 13.4. The highest BCUT2D eigenvalue weighted by Crippen LogP contribution is 2.13. The van der Waals surface area contributed by atoms with Crippen molar-refractivity contribution in [3.63, 3.8) is 0 Å². The predicted octanol–water partition coefficient (Wildman–Crippen LogP) is 1.42. The maximum Gasteiger partial charge on any atom is 0.270 e. The number of likely N-dealkylation sites (N-methyl/N-ethyl adjacent to an activating group) is 2. The van der Waals surface area contributed by atoms with Crippen LogP contribution in [0.2, 0.25) is 0 Å². The van der Waals surface area contributed by atoms with Crippen LogP contribution < -0.4 is 5.73 Å². The van der Waals surface area contributed by atoms with Gasteiger partial charge in [-0.1, -0.05) is 6.92 Å². The minimum absolute atomic E-state index is 0.0441. The number of carbonyl (C=O) groups excluding carboxylic acids is 2. The molecule has 1 aromatic heterocycles. The number of carbonyl (C=O) groups is 2. The van der Waals surface area contributed by atoms with Crippen LogP contribution in [0.1, 0.15) is 37.7 Å². The fourth-order valence-electron chi connectivity index (χ4n) is 2.28. The highest BCUT2D eigenvalue weighted by atomic mass is 16.2. The molecule has 0 spiro atoms. The quantitative estimate of drug-likeness (QED) is 0.826. The summed E-state index contributed by atoms with van der Waals surface area (Å²) in [5.74, 6) is -0.224. The van der Waals surface area contributed by atoms with Gasteiger partial charge < -0.3 is 20.1 Å². The van der Waals surface area contributed by atoms with E-state index in [1.54, 1.807) is 24.2 Å². The minimum Gasteiger partial charge on any atom is -0.397 e. The van der Waals surface area contributed by atoms with Crippen LogP contribution in [-0.4, -0.2) is 52.9 Å². The monoisotopic (exact) mass is 294 g/mol. The van der Waals surface area contributed by atoms with Crippen molar-refractivity contribution in [2.45, 2.75) is 33.7 Å². The average molecular weight is 294 g/mol. The maximum atomic E-state index is 12.5. The topological polar surface area (TPSA) is 71.6 Å². The lowest BCUT2D eigenvalue weighted by molar-refractivity contribution is -0.131. The van der Waals surface area contributed by atoms with Gasteiger partial charge in [0, 0.05) is 32.9 Å². The van der Waals surface area contributed by atoms with Gasteiger partial charge in [0.05, 0.1) is 12.2 Å². The summed E-state index contributed by atoms with van der Waals surface area (Å²) < 4.78 is 1.84. The Balaban J connectivity index is 2.81. The number of rotatable bonds is 7. The van der Waals surface area contributed by atoms with E-state index in [2.05, 4.69) is 0 Å². The molecule has 6 heteroatoms. The van der Waals surface area contributed by atoms with E-state index in [1.165, 1.54) is 4.90 Å². The van der Waals surface area contributed by atoms with Gasteiger partial charge in [-0.3, -0.25) is 9.59 Å². The number of nitrogens with zero attached hydrogens (tertiary/aromatic N) is 3. The molecule has 0 aromatic carbocycles. The molecule has 2 N–H and O–H groups in total. The van der Waals surface area contributed by atoms with Crippen molar-refractivity contribution < 1.29 is 9.59 Å². The molecule has 0 aliphatic carbocycles. The van der Waals surface area contributed by atoms with Gasteiger partial charge in [-0.25, -0.2) is 0 Å². The Bertz CT molecular complexity index is 492. The second-order valence-corrected chi connectivity index (χ2v) is 5.08. The molecule has 0 saturated carbocycles. The van der Waals surface area contributed by atoms with Crippen molar-refractivity contribution in [2.24, 2.45) is 0 Å². The lowest BCUT2D eigenvalue weighted by Crippen LogP contribution is -2.41. The zero-order valence-corrected chi connectivity index (χ0v) is 13.4. The lowest BCUT2D eigenvalue weighted by Gasteiger charge is -2.23. The van der Waals surface area contributed by atoms with Crippen LogP contribution >= 0.6 is 0 Å². The minimum atomic E-state index is -0.180. The van der Waals surface area contributed by atoms with Crippen molar-refractivity contribution >= 4 is 17.5 Å². The van der Waals surface area contributed by atoms with E-state index >= 15 is 0 Å². The van der Waals surface area contributed by atoms with Crippen LogP contribution in [0, 0.1) is 0 Å². The Morgan fingerprint density at radius 3 is 2.38 bits per heavy atom. The number of hydrogen-bond donors (Lipinski definition) is 1. The van der Waals surface area contributed by atoms with Crippen LogP contribution in [0.5, 0.6) is 0 Å². The first-order chi connectivity index (χ1) is 9.94. The first kappa shape index (κ1) is 17.1. The normalized spacial score (nSPS) is 10.5. The molecule has 0 fully saturated rings. The highest BCUT2D eigenvalue weighted by Gasteiger charge is 2.20. The summed E-state index contributed by atoms with van der Waals surface area (Å²) in [6, 6.07) is 1.66. The molecule has 0 saturated heterocycles. The van der Waals surface area contributed by atoms with Crippen LogP contribution in [0.25, 0.3) is 0 Å². The molecule has 2 amide bonds. The van der Waals surface area contributed by atoms with Crippen LogP contribution in [0.15, 0.2) is 12.3 Å². The van der Waals surface area contributed by atoms with Crippen molar-refractivity contribution in [1.29, 1.82) is 0 Å². The number of aromatic nitrogens is 1. The van der Waals surface area contributed by atoms with Crippen molar-refractivity contribution in [3.05, 3.63) is 18.0 Å². The molecule has 0 unspecified atom stereocenters. The van der Waals surface area contributed by atoms with E-state index in [-0.39, 0.29) is 18.4 Å². The molecule has 0 bridgehead atoms. The second kappa shape index (κ2) is 7.71. The van der Waals surface area contributed by atoms with Crippen LogP contribution in [0.4, 0.5) is 5.69 Å². The second-order valence-electron chi connectivity index (χ2n) is 5.08. The molecule has 1 rings (SSSR count). The van der Waals surface area contributed by atoms with Crippen molar-refractivity contribution in [2.75, 3.05) is 32.4 Å². The van der Waals surface area contributed by atoms with Gasteiger partial charge in [-0.15, -0.1) is 0 Å². The first-order valence-corrected chi connectivity index (χ1v) is 7.43. The Labute approximate surface area is 126 Å². The number of nitrogens with two attached hydrogens (primary N) is 1. The Hall–Kier alpha value is -1.98. The van der Waals surface area contributed by atoms with Gasteiger partial charge in [0.1, 0.15) is 5.69 Å². The third-order valence-electron chi connectivity index (χ3n) is 3.44. The smallest absolute Gasteiger partial charge is 0.270 e. The van der Waals surface area contributed by atoms with Crippen molar-refractivity contribution in [3.8, 4) is 0 Å². The summed E-state index contributed by atoms with van der Waals surface area (Å²) in [5.41, 5.74) is 6.87. The molecule has 0 radical (unpaired) electrons. The molecule has 0 aliphatic heterocycles. The fourth-order valence-corrected chi connectivity index (χ4v) is 2.28. The third-order valence-corrected chi connectivity index (χ3v) is 3.44. The van der Waals surface area contributed by atoms with E-state index in [0.717, 1.165) is 13.0 Å². The van der Waals surface area contributed by atoms with E-state index in [9.17, 15) is 9.59 Å².